The first-order chi connectivity index (χ1) is 8.10. The van der Waals surface area contributed by atoms with Crippen LogP contribution in [0.3, 0.4) is 0 Å². The van der Waals surface area contributed by atoms with E-state index in [0.717, 1.165) is 12.8 Å². The Morgan fingerprint density at radius 3 is 2.76 bits per heavy atom. The van der Waals surface area contributed by atoms with Crippen LogP contribution >= 0.6 is 0 Å². The maximum atomic E-state index is 13.6. The van der Waals surface area contributed by atoms with E-state index in [0.29, 0.717) is 12.2 Å². The van der Waals surface area contributed by atoms with Gasteiger partial charge in [0.15, 0.2) is 5.78 Å². The number of ketones is 1. The fourth-order valence-corrected chi connectivity index (χ4v) is 1.58. The number of nitrogens with two attached hydrogens (primary N) is 1. The number of halogens is 1. The van der Waals surface area contributed by atoms with Crippen molar-refractivity contribution in [3.05, 3.63) is 29.6 Å². The molecule has 2 N–H and O–H groups in total. The third-order valence-electron chi connectivity index (χ3n) is 2.65. The highest BCUT2D eigenvalue weighted by molar-refractivity contribution is 6.00. The van der Waals surface area contributed by atoms with Gasteiger partial charge in [0.2, 0.25) is 0 Å². The summed E-state index contributed by atoms with van der Waals surface area (Å²) in [6.45, 7) is 2.02. The third kappa shape index (κ3) is 3.53. The topological polar surface area (TPSA) is 52.3 Å². The number of carbonyl (C=O) groups excluding carboxylic acids is 1. The summed E-state index contributed by atoms with van der Waals surface area (Å²) in [5.41, 5.74) is 5.76. The molecule has 0 aromatic heterocycles. The predicted octanol–water partition coefficient (Wildman–Crippen LogP) is 2.53. The first-order valence-corrected chi connectivity index (χ1v) is 5.73. The molecule has 3 nitrogen and oxygen atoms in total. The summed E-state index contributed by atoms with van der Waals surface area (Å²) < 4.78 is 18.5. The molecule has 0 bridgehead atoms. The second-order valence-corrected chi connectivity index (χ2v) is 3.96. The van der Waals surface area contributed by atoms with E-state index in [1.165, 1.54) is 19.2 Å². The van der Waals surface area contributed by atoms with Gasteiger partial charge < -0.3 is 10.5 Å². The summed E-state index contributed by atoms with van der Waals surface area (Å²) >= 11 is 0. The number of ether oxygens (including phenoxy) is 1. The molecule has 1 unspecified atom stereocenters. The molecule has 1 aromatic rings. The van der Waals surface area contributed by atoms with Gasteiger partial charge in [-0.15, -0.1) is 0 Å². The summed E-state index contributed by atoms with van der Waals surface area (Å²) in [6, 6.07) is 3.54. The molecule has 0 saturated heterocycles. The second-order valence-electron chi connectivity index (χ2n) is 3.96. The van der Waals surface area contributed by atoms with Crippen LogP contribution in [-0.2, 0) is 0 Å². The van der Waals surface area contributed by atoms with Crippen molar-refractivity contribution >= 4 is 5.78 Å². The lowest BCUT2D eigenvalue weighted by molar-refractivity contribution is 0.0952. The van der Waals surface area contributed by atoms with Crippen LogP contribution in [0, 0.1) is 5.82 Å². The molecule has 0 fully saturated rings. The van der Waals surface area contributed by atoms with Crippen LogP contribution in [0.2, 0.25) is 0 Å². The van der Waals surface area contributed by atoms with E-state index in [9.17, 15) is 9.18 Å². The highest BCUT2D eigenvalue weighted by Gasteiger charge is 2.19. The van der Waals surface area contributed by atoms with Gasteiger partial charge in [-0.1, -0.05) is 19.8 Å². The molecule has 0 amide bonds. The Morgan fingerprint density at radius 1 is 1.53 bits per heavy atom. The molecule has 0 radical (unpaired) electrons. The maximum Gasteiger partial charge on any atom is 0.182 e. The summed E-state index contributed by atoms with van der Waals surface area (Å²) in [5.74, 6) is -0.541. The lowest BCUT2D eigenvalue weighted by atomic mass is 10.00. The van der Waals surface area contributed by atoms with E-state index in [1.807, 2.05) is 6.92 Å². The van der Waals surface area contributed by atoms with Gasteiger partial charge in [0.25, 0.3) is 0 Å². The third-order valence-corrected chi connectivity index (χ3v) is 2.65. The molecule has 1 aromatic carbocycles. The Bertz CT molecular complexity index is 393. The number of rotatable bonds is 6. The van der Waals surface area contributed by atoms with E-state index >= 15 is 0 Å². The van der Waals surface area contributed by atoms with E-state index < -0.39 is 11.9 Å². The van der Waals surface area contributed by atoms with E-state index in [-0.39, 0.29) is 11.3 Å². The predicted molar refractivity (Wildman–Crippen MR) is 64.8 cm³/mol. The van der Waals surface area contributed by atoms with Crippen LogP contribution < -0.4 is 10.5 Å². The van der Waals surface area contributed by atoms with E-state index in [4.69, 9.17) is 10.5 Å². The van der Waals surface area contributed by atoms with Gasteiger partial charge in [0.05, 0.1) is 18.7 Å². The summed E-state index contributed by atoms with van der Waals surface area (Å²) in [5, 5.41) is 0. The molecule has 0 aliphatic carbocycles. The van der Waals surface area contributed by atoms with Crippen molar-refractivity contribution in [2.75, 3.05) is 7.11 Å². The van der Waals surface area contributed by atoms with Gasteiger partial charge in [0.1, 0.15) is 11.6 Å². The summed E-state index contributed by atoms with van der Waals surface area (Å²) in [6.07, 6.45) is 2.41. The Labute approximate surface area is 101 Å². The van der Waals surface area contributed by atoms with Crippen LogP contribution in [0.1, 0.15) is 36.5 Å². The van der Waals surface area contributed by atoms with Crippen LogP contribution in [0.15, 0.2) is 18.2 Å². The first-order valence-electron chi connectivity index (χ1n) is 5.73. The Balaban J connectivity index is 2.81. The highest BCUT2D eigenvalue weighted by Crippen LogP contribution is 2.18. The van der Waals surface area contributed by atoms with Crippen LogP contribution in [0.4, 0.5) is 4.39 Å². The monoisotopic (exact) mass is 239 g/mol. The quantitative estimate of drug-likeness (QED) is 0.776. The first kappa shape index (κ1) is 13.6. The van der Waals surface area contributed by atoms with Crippen molar-refractivity contribution in [2.24, 2.45) is 5.73 Å². The average Bonchev–Trinajstić information content (AvgIpc) is 2.34. The highest BCUT2D eigenvalue weighted by atomic mass is 19.1. The minimum Gasteiger partial charge on any atom is -0.497 e. The van der Waals surface area contributed by atoms with Gasteiger partial charge in [-0.25, -0.2) is 4.39 Å². The minimum absolute atomic E-state index is 0.0365. The fourth-order valence-electron chi connectivity index (χ4n) is 1.58. The van der Waals surface area contributed by atoms with Gasteiger partial charge in [-0.05, 0) is 18.6 Å². The van der Waals surface area contributed by atoms with Crippen molar-refractivity contribution < 1.29 is 13.9 Å². The van der Waals surface area contributed by atoms with Gasteiger partial charge >= 0.3 is 0 Å². The zero-order valence-electron chi connectivity index (χ0n) is 10.2. The average molecular weight is 239 g/mol. The van der Waals surface area contributed by atoms with Crippen LogP contribution in [-0.4, -0.2) is 18.9 Å². The van der Waals surface area contributed by atoms with Gasteiger partial charge in [-0.3, -0.25) is 4.79 Å². The molecule has 0 aliphatic heterocycles. The number of Topliss-reactive ketones (excluding diaryl/α,β-unsaturated/α-hetero) is 1. The molecule has 94 valence electrons. The van der Waals surface area contributed by atoms with Crippen molar-refractivity contribution in [2.45, 2.75) is 32.2 Å². The standard InChI is InChI=1S/C13H18FNO2/c1-3-4-5-12(15)13(16)10-7-6-9(17-2)8-11(10)14/h6-8,12H,3-5,15H2,1-2H3. The largest absolute Gasteiger partial charge is 0.497 e. The number of methoxy groups -OCH3 is 1. The minimum atomic E-state index is -0.627. The SMILES string of the molecule is CCCCC(N)C(=O)c1ccc(OC)cc1F. The Morgan fingerprint density at radius 2 is 2.24 bits per heavy atom. The van der Waals surface area contributed by atoms with Crippen molar-refractivity contribution in [1.29, 1.82) is 0 Å². The molecule has 4 heteroatoms. The van der Waals surface area contributed by atoms with Crippen LogP contribution in [0.25, 0.3) is 0 Å². The molecule has 0 heterocycles. The number of unbranched alkanes of at least 4 members (excludes halogenated alkanes) is 1. The number of hydrogen-bond acceptors (Lipinski definition) is 3. The normalized spacial score (nSPS) is 12.2. The number of benzene rings is 1. The molecule has 0 spiro atoms. The van der Waals surface area contributed by atoms with Crippen LogP contribution in [0.5, 0.6) is 5.75 Å². The smallest absolute Gasteiger partial charge is 0.182 e. The molecular formula is C13H18FNO2. The molecule has 1 rings (SSSR count). The molecule has 0 aliphatic rings. The number of hydrogen-bond donors (Lipinski definition) is 1. The van der Waals surface area contributed by atoms with E-state index in [1.54, 1.807) is 6.07 Å². The van der Waals surface area contributed by atoms with Crippen molar-refractivity contribution in [3.8, 4) is 5.75 Å². The lowest BCUT2D eigenvalue weighted by Gasteiger charge is -2.11. The number of carbonyl (C=O) groups is 1. The fraction of sp³-hybridized carbons (Fsp3) is 0.462. The lowest BCUT2D eigenvalue weighted by Crippen LogP contribution is -2.31. The second kappa shape index (κ2) is 6.35. The molecular weight excluding hydrogens is 221 g/mol. The Hall–Kier alpha value is -1.42. The molecule has 1 atom stereocenters. The molecule has 17 heavy (non-hydrogen) atoms. The van der Waals surface area contributed by atoms with Gasteiger partial charge in [-0.2, -0.15) is 0 Å². The Kier molecular flexibility index (Phi) is 5.10. The molecule has 0 saturated carbocycles. The zero-order valence-corrected chi connectivity index (χ0v) is 10.2. The summed E-state index contributed by atoms with van der Waals surface area (Å²) in [4.78, 5) is 11.9. The zero-order chi connectivity index (χ0) is 12.8. The van der Waals surface area contributed by atoms with Crippen molar-refractivity contribution in [1.82, 2.24) is 0 Å². The maximum absolute atomic E-state index is 13.6. The summed E-state index contributed by atoms with van der Waals surface area (Å²) in [7, 11) is 1.45. The van der Waals surface area contributed by atoms with E-state index in [2.05, 4.69) is 0 Å². The van der Waals surface area contributed by atoms with Crippen molar-refractivity contribution in [3.63, 3.8) is 0 Å². The van der Waals surface area contributed by atoms with Gasteiger partial charge in [0, 0.05) is 6.07 Å².